The number of ether oxygens (including phenoxy) is 1. The number of nitro groups is 1. The fraction of sp³-hybridized carbons (Fsp3) is 0.105. The van der Waals surface area contributed by atoms with Crippen LogP contribution in [-0.4, -0.2) is 22.6 Å². The fourth-order valence-electron chi connectivity index (χ4n) is 2.61. The summed E-state index contributed by atoms with van der Waals surface area (Å²) in [6, 6.07) is 14.2. The topological polar surface area (TPSA) is 114 Å². The van der Waals surface area contributed by atoms with Crippen molar-refractivity contribution in [3.05, 3.63) is 70.3 Å². The quantitative estimate of drug-likeness (QED) is 0.296. The Bertz CT molecular complexity index is 999. The predicted molar refractivity (Wildman–Crippen MR) is 98.0 cm³/mol. The maximum absolute atomic E-state index is 12.3. The van der Waals surface area contributed by atoms with E-state index in [0.29, 0.717) is 16.8 Å². The van der Waals surface area contributed by atoms with Gasteiger partial charge in [-0.05, 0) is 19.1 Å². The molecule has 2 aliphatic rings. The first-order valence-electron chi connectivity index (χ1n) is 8.10. The van der Waals surface area contributed by atoms with Gasteiger partial charge in [-0.15, -0.1) is 5.11 Å². The Hall–Kier alpha value is -3.81. The summed E-state index contributed by atoms with van der Waals surface area (Å²) in [5, 5.41) is 29.3. The van der Waals surface area contributed by atoms with Gasteiger partial charge in [0.2, 0.25) is 0 Å². The normalized spacial score (nSPS) is 11.0. The van der Waals surface area contributed by atoms with Gasteiger partial charge < -0.3 is 9.84 Å². The molecule has 136 valence electrons. The van der Waals surface area contributed by atoms with Gasteiger partial charge in [0.05, 0.1) is 17.2 Å². The Morgan fingerprint density at radius 1 is 1.07 bits per heavy atom. The molecule has 0 unspecified atom stereocenters. The number of azo groups is 1. The monoisotopic (exact) mass is 365 g/mol. The minimum Gasteiger partial charge on any atom is -0.505 e. The van der Waals surface area contributed by atoms with Gasteiger partial charge in [0.25, 0.3) is 5.69 Å². The number of hydrogen-bond donors (Lipinski definition) is 1. The lowest BCUT2D eigenvalue weighted by Gasteiger charge is -2.01. The summed E-state index contributed by atoms with van der Waals surface area (Å²) in [5.74, 6) is -0.969. The van der Waals surface area contributed by atoms with Gasteiger partial charge in [-0.1, -0.05) is 30.3 Å². The fourth-order valence-corrected chi connectivity index (χ4v) is 2.61. The lowest BCUT2D eigenvalue weighted by atomic mass is 10.1. The summed E-state index contributed by atoms with van der Waals surface area (Å²) in [6.07, 6.45) is 0. The Morgan fingerprint density at radius 2 is 1.74 bits per heavy atom. The van der Waals surface area contributed by atoms with Crippen LogP contribution in [0.4, 0.5) is 17.1 Å². The number of esters is 1. The summed E-state index contributed by atoms with van der Waals surface area (Å²) >= 11 is 0. The molecule has 0 bridgehead atoms. The molecule has 8 heteroatoms. The molecule has 0 saturated carbocycles. The molecular formula is C19H15N3O5. The Labute approximate surface area is 154 Å². The zero-order chi connectivity index (χ0) is 19.4. The van der Waals surface area contributed by atoms with E-state index in [9.17, 15) is 20.0 Å². The number of non-ortho nitro benzene ring substituents is 1. The second-order valence-corrected chi connectivity index (χ2v) is 5.50. The third-order valence-electron chi connectivity index (χ3n) is 3.83. The van der Waals surface area contributed by atoms with Crippen molar-refractivity contribution < 1.29 is 19.6 Å². The van der Waals surface area contributed by atoms with Crippen LogP contribution in [0.1, 0.15) is 17.3 Å². The van der Waals surface area contributed by atoms with Gasteiger partial charge in [0, 0.05) is 23.3 Å². The van der Waals surface area contributed by atoms with Crippen LogP contribution in [0.25, 0.3) is 11.1 Å². The minimum absolute atomic E-state index is 0.0284. The summed E-state index contributed by atoms with van der Waals surface area (Å²) in [7, 11) is 0. The highest BCUT2D eigenvalue weighted by Gasteiger charge is 2.28. The number of hydrogen-bond acceptors (Lipinski definition) is 7. The molecule has 0 fully saturated rings. The highest BCUT2D eigenvalue weighted by molar-refractivity contribution is 6.07. The minimum atomic E-state index is -0.650. The predicted octanol–water partition coefficient (Wildman–Crippen LogP) is 5.00. The van der Waals surface area contributed by atoms with Crippen LogP contribution in [0.3, 0.4) is 0 Å². The maximum Gasteiger partial charge on any atom is 0.342 e. The molecule has 1 N–H and O–H groups in total. The van der Waals surface area contributed by atoms with E-state index >= 15 is 0 Å². The van der Waals surface area contributed by atoms with Crippen molar-refractivity contribution in [3.8, 4) is 16.9 Å². The number of rotatable bonds is 5. The molecule has 0 aliphatic heterocycles. The first kappa shape index (κ1) is 18.0. The van der Waals surface area contributed by atoms with E-state index in [-0.39, 0.29) is 29.3 Å². The van der Waals surface area contributed by atoms with Crippen molar-refractivity contribution in [2.24, 2.45) is 10.2 Å². The first-order valence-corrected chi connectivity index (χ1v) is 8.10. The summed E-state index contributed by atoms with van der Waals surface area (Å²) in [5.41, 5.74) is 1.49. The molecule has 1 aromatic carbocycles. The van der Waals surface area contributed by atoms with E-state index in [4.69, 9.17) is 4.74 Å². The van der Waals surface area contributed by atoms with E-state index in [1.165, 1.54) is 24.3 Å². The Morgan fingerprint density at radius 3 is 2.37 bits per heavy atom. The van der Waals surface area contributed by atoms with Crippen LogP contribution in [0.2, 0.25) is 0 Å². The number of fused-ring (bicyclic) bond motifs is 1. The van der Waals surface area contributed by atoms with Crippen LogP contribution in [-0.2, 0) is 4.74 Å². The van der Waals surface area contributed by atoms with E-state index in [1.807, 2.05) is 0 Å². The van der Waals surface area contributed by atoms with Crippen LogP contribution in [0.5, 0.6) is 5.75 Å². The van der Waals surface area contributed by atoms with Crippen molar-refractivity contribution in [1.29, 1.82) is 0 Å². The third kappa shape index (κ3) is 3.59. The second-order valence-electron chi connectivity index (χ2n) is 5.50. The van der Waals surface area contributed by atoms with Gasteiger partial charge >= 0.3 is 5.97 Å². The molecule has 0 radical (unpaired) electrons. The highest BCUT2D eigenvalue weighted by Crippen LogP contribution is 2.47. The number of carbonyl (C=O) groups excluding carboxylic acids is 1. The van der Waals surface area contributed by atoms with Gasteiger partial charge in [-0.25, -0.2) is 4.79 Å². The number of benzene rings is 1. The van der Waals surface area contributed by atoms with E-state index in [1.54, 1.807) is 37.3 Å². The van der Waals surface area contributed by atoms with Gasteiger partial charge in [0.1, 0.15) is 11.3 Å². The number of aromatic hydroxyl groups is 1. The molecule has 0 spiro atoms. The molecular weight excluding hydrogens is 350 g/mol. The van der Waals surface area contributed by atoms with Gasteiger partial charge in [-0.2, -0.15) is 5.11 Å². The molecule has 0 heterocycles. The van der Waals surface area contributed by atoms with Crippen LogP contribution in [0, 0.1) is 10.1 Å². The lowest BCUT2D eigenvalue weighted by molar-refractivity contribution is -0.384. The van der Waals surface area contributed by atoms with E-state index in [0.717, 1.165) is 0 Å². The van der Waals surface area contributed by atoms with Crippen molar-refractivity contribution in [2.75, 3.05) is 6.61 Å². The van der Waals surface area contributed by atoms with Crippen LogP contribution >= 0.6 is 0 Å². The van der Waals surface area contributed by atoms with Gasteiger partial charge in [0.15, 0.2) is 5.75 Å². The summed E-state index contributed by atoms with van der Waals surface area (Å²) in [4.78, 5) is 22.4. The largest absolute Gasteiger partial charge is 0.505 e. The third-order valence-corrected chi connectivity index (χ3v) is 3.83. The summed E-state index contributed by atoms with van der Waals surface area (Å²) in [6.45, 7) is 1.85. The molecule has 27 heavy (non-hydrogen) atoms. The Balaban J connectivity index is 2.05. The zero-order valence-electron chi connectivity index (χ0n) is 14.3. The van der Waals surface area contributed by atoms with Crippen molar-refractivity contribution in [1.82, 2.24) is 0 Å². The van der Waals surface area contributed by atoms with Crippen molar-refractivity contribution in [3.63, 3.8) is 0 Å². The van der Waals surface area contributed by atoms with E-state index in [2.05, 4.69) is 10.2 Å². The molecule has 8 nitrogen and oxygen atoms in total. The van der Waals surface area contributed by atoms with Crippen LogP contribution in [0.15, 0.2) is 64.8 Å². The van der Waals surface area contributed by atoms with Gasteiger partial charge in [-0.3, -0.25) is 10.1 Å². The van der Waals surface area contributed by atoms with E-state index < -0.39 is 10.9 Å². The molecule has 2 aliphatic carbocycles. The van der Waals surface area contributed by atoms with Crippen molar-refractivity contribution in [2.45, 2.75) is 6.92 Å². The highest BCUT2D eigenvalue weighted by atomic mass is 16.6. The van der Waals surface area contributed by atoms with Crippen LogP contribution < -0.4 is 0 Å². The zero-order valence-corrected chi connectivity index (χ0v) is 14.3. The first-order chi connectivity index (χ1) is 13.0. The maximum atomic E-state index is 12.3. The lowest BCUT2D eigenvalue weighted by Crippen LogP contribution is -2.04. The SMILES string of the molecule is CCOC(=O)c1c2cccccc-2c(N=Nc2ccc([N+](=O)[O-])cc2)c1O. The number of nitro benzene ring substituents is 1. The second kappa shape index (κ2) is 7.61. The average Bonchev–Trinajstić information content (AvgIpc) is 2.78. The molecule has 3 rings (SSSR count). The average molecular weight is 365 g/mol. The number of nitrogens with zero attached hydrogens (tertiary/aromatic N) is 3. The molecule has 0 aromatic heterocycles. The smallest absolute Gasteiger partial charge is 0.342 e. The number of carbonyl (C=O) groups is 1. The Kier molecular flexibility index (Phi) is 5.07. The van der Waals surface area contributed by atoms with Crippen molar-refractivity contribution >= 4 is 23.0 Å². The molecule has 0 saturated heterocycles. The molecule has 0 amide bonds. The molecule has 0 atom stereocenters. The molecule has 1 aromatic rings. The summed E-state index contributed by atoms with van der Waals surface area (Å²) < 4.78 is 5.02. The standard InChI is InChI=1S/C19H15N3O5/c1-2-27-19(24)16-14-6-4-3-5-7-15(14)17(18(16)23)21-20-12-8-10-13(11-9-12)22(25)26/h3-11,23H,2H2,1H3.